The largest absolute Gasteiger partial charge is 0.481 e. The Balaban J connectivity index is 0.00000392. The molecule has 0 spiro atoms. The van der Waals surface area contributed by atoms with Crippen LogP contribution in [0.15, 0.2) is 41.5 Å². The predicted molar refractivity (Wildman–Crippen MR) is 107 cm³/mol. The summed E-state index contributed by atoms with van der Waals surface area (Å²) in [5.74, 6) is -2.27. The molecule has 0 saturated heterocycles. The minimum absolute atomic E-state index is 0. The molecule has 28 heavy (non-hydrogen) atoms. The number of aliphatic imine (C=N–C) groups is 1. The molecule has 10 nitrogen and oxygen atoms in total. The Hall–Kier alpha value is -3.18. The van der Waals surface area contributed by atoms with Gasteiger partial charge in [0.1, 0.15) is 4.88 Å². The van der Waals surface area contributed by atoms with Crippen LogP contribution in [0.5, 0.6) is 0 Å². The van der Waals surface area contributed by atoms with E-state index in [-0.39, 0.29) is 41.3 Å². The van der Waals surface area contributed by atoms with Gasteiger partial charge in [0, 0.05) is 0 Å². The summed E-state index contributed by atoms with van der Waals surface area (Å²) >= 11 is 0.960. The van der Waals surface area contributed by atoms with E-state index in [0.717, 1.165) is 11.3 Å². The Kier molecular flexibility index (Phi) is 8.85. The minimum Gasteiger partial charge on any atom is -0.481 e. The van der Waals surface area contributed by atoms with Crippen molar-refractivity contribution in [3.05, 3.63) is 47.0 Å². The Labute approximate surface area is 170 Å². The molecule has 2 amide bonds. The van der Waals surface area contributed by atoms with Gasteiger partial charge in [-0.15, -0.1) is 12.4 Å². The van der Waals surface area contributed by atoms with Gasteiger partial charge < -0.3 is 27.2 Å². The van der Waals surface area contributed by atoms with E-state index >= 15 is 0 Å². The van der Waals surface area contributed by atoms with E-state index in [4.69, 9.17) is 16.6 Å². The number of carbonyl (C=O) groups excluding carboxylic acids is 2. The van der Waals surface area contributed by atoms with E-state index in [1.807, 2.05) is 0 Å². The van der Waals surface area contributed by atoms with Crippen molar-refractivity contribution in [1.82, 2.24) is 15.6 Å². The van der Waals surface area contributed by atoms with Crippen molar-refractivity contribution >= 4 is 52.6 Å². The number of nitrogens with zero attached hydrogens (tertiary/aromatic N) is 2. The normalized spacial score (nSPS) is 10.9. The van der Waals surface area contributed by atoms with Crippen molar-refractivity contribution in [3.63, 3.8) is 0 Å². The lowest BCUT2D eigenvalue weighted by molar-refractivity contribution is -0.137. The molecule has 0 saturated carbocycles. The fourth-order valence-electron chi connectivity index (χ4n) is 2.14. The number of aliphatic carboxylic acids is 1. The maximum Gasteiger partial charge on any atom is 0.305 e. The zero-order valence-corrected chi connectivity index (χ0v) is 16.1. The Morgan fingerprint density at radius 2 is 1.89 bits per heavy atom. The number of aromatic nitrogens is 1. The van der Waals surface area contributed by atoms with Gasteiger partial charge in [-0.3, -0.25) is 14.4 Å². The number of carbonyl (C=O) groups is 3. The van der Waals surface area contributed by atoms with Gasteiger partial charge in [0.05, 0.1) is 25.2 Å². The molecule has 1 atom stereocenters. The highest BCUT2D eigenvalue weighted by Gasteiger charge is 2.19. The van der Waals surface area contributed by atoms with Crippen LogP contribution in [-0.4, -0.2) is 40.4 Å². The van der Waals surface area contributed by atoms with Gasteiger partial charge in [-0.2, -0.15) is 4.99 Å². The zero-order chi connectivity index (χ0) is 19.8. The van der Waals surface area contributed by atoms with Crippen LogP contribution < -0.4 is 22.1 Å². The number of carboxylic acids is 1. The molecule has 0 aliphatic heterocycles. The average Bonchev–Trinajstić information content (AvgIpc) is 3.07. The number of hydrogen-bond donors (Lipinski definition) is 5. The molecule has 0 radical (unpaired) electrons. The SMILES string of the molecule is Cl.NC(N)=Nc1ncc(C(=O)NCC(=O)NC(CC(=O)O)c2ccccc2)s1. The van der Waals surface area contributed by atoms with Crippen LogP contribution in [0.2, 0.25) is 0 Å². The maximum absolute atomic E-state index is 12.1. The van der Waals surface area contributed by atoms with Crippen LogP contribution in [0.25, 0.3) is 0 Å². The Bertz CT molecular complexity index is 854. The number of thiazole rings is 1. The molecule has 150 valence electrons. The summed E-state index contributed by atoms with van der Waals surface area (Å²) in [5, 5.41) is 14.3. The van der Waals surface area contributed by atoms with Gasteiger partial charge in [0.25, 0.3) is 5.91 Å². The first kappa shape index (κ1) is 22.9. The summed E-state index contributed by atoms with van der Waals surface area (Å²) in [4.78, 5) is 43.0. The molecule has 2 rings (SSSR count). The van der Waals surface area contributed by atoms with E-state index in [1.54, 1.807) is 30.3 Å². The minimum atomic E-state index is -1.05. The third-order valence-corrected chi connectivity index (χ3v) is 4.16. The molecule has 0 bridgehead atoms. The first-order valence-corrected chi connectivity index (χ1v) is 8.56. The van der Waals surface area contributed by atoms with Crippen molar-refractivity contribution in [1.29, 1.82) is 0 Å². The standard InChI is InChI=1S/C16H18N6O4S.ClH/c17-15(18)22-16-20-7-11(27-16)14(26)19-8-12(23)21-10(6-13(24)25)9-4-2-1-3-5-9;/h1-5,7,10H,6,8H2,(H,19,26)(H,21,23)(H,24,25)(H4,17,18,20,22);1H. The first-order valence-electron chi connectivity index (χ1n) is 7.75. The van der Waals surface area contributed by atoms with Gasteiger partial charge in [-0.1, -0.05) is 41.7 Å². The van der Waals surface area contributed by atoms with Gasteiger partial charge in [0.15, 0.2) is 5.96 Å². The molecule has 1 heterocycles. The third kappa shape index (κ3) is 7.21. The van der Waals surface area contributed by atoms with Gasteiger partial charge in [-0.05, 0) is 5.56 Å². The molecule has 7 N–H and O–H groups in total. The van der Waals surface area contributed by atoms with Crippen molar-refractivity contribution in [2.75, 3.05) is 6.54 Å². The van der Waals surface area contributed by atoms with Crippen LogP contribution in [0.4, 0.5) is 5.13 Å². The molecular formula is C16H19ClN6O4S. The van der Waals surface area contributed by atoms with Crippen LogP contribution in [0.3, 0.4) is 0 Å². The molecule has 12 heteroatoms. The fourth-order valence-corrected chi connectivity index (χ4v) is 2.86. The lowest BCUT2D eigenvalue weighted by Gasteiger charge is -2.17. The highest BCUT2D eigenvalue weighted by molar-refractivity contribution is 7.17. The highest BCUT2D eigenvalue weighted by atomic mass is 35.5. The Morgan fingerprint density at radius 1 is 1.21 bits per heavy atom. The van der Waals surface area contributed by atoms with E-state index in [1.165, 1.54) is 6.20 Å². The highest BCUT2D eigenvalue weighted by Crippen LogP contribution is 2.20. The van der Waals surface area contributed by atoms with Crippen molar-refractivity contribution in [2.45, 2.75) is 12.5 Å². The maximum atomic E-state index is 12.1. The lowest BCUT2D eigenvalue weighted by Crippen LogP contribution is -2.39. The van der Waals surface area contributed by atoms with Crippen molar-refractivity contribution in [2.24, 2.45) is 16.5 Å². The number of nitrogens with two attached hydrogens (primary N) is 2. The number of amides is 2. The average molecular weight is 427 g/mol. The topological polar surface area (TPSA) is 173 Å². The quantitative estimate of drug-likeness (QED) is 0.302. The summed E-state index contributed by atoms with van der Waals surface area (Å²) in [7, 11) is 0. The fraction of sp³-hybridized carbons (Fsp3) is 0.188. The number of carboxylic acid groups (broad SMARTS) is 1. The molecular weight excluding hydrogens is 408 g/mol. The number of guanidine groups is 1. The molecule has 0 aliphatic carbocycles. The number of benzene rings is 1. The molecule has 1 aromatic heterocycles. The summed E-state index contributed by atoms with van der Waals surface area (Å²) in [6, 6.07) is 8.01. The first-order chi connectivity index (χ1) is 12.8. The van der Waals surface area contributed by atoms with Gasteiger partial charge in [-0.25, -0.2) is 4.98 Å². The second kappa shape index (κ2) is 10.8. The molecule has 1 unspecified atom stereocenters. The molecule has 0 fully saturated rings. The Morgan fingerprint density at radius 3 is 2.50 bits per heavy atom. The van der Waals surface area contributed by atoms with Crippen LogP contribution in [0, 0.1) is 0 Å². The number of hydrogen-bond acceptors (Lipinski definition) is 6. The van der Waals surface area contributed by atoms with Gasteiger partial charge >= 0.3 is 5.97 Å². The van der Waals surface area contributed by atoms with Gasteiger partial charge in [0.2, 0.25) is 11.0 Å². The number of halogens is 1. The van der Waals surface area contributed by atoms with Crippen molar-refractivity contribution in [3.8, 4) is 0 Å². The molecule has 1 aromatic carbocycles. The van der Waals surface area contributed by atoms with E-state index in [2.05, 4.69) is 20.6 Å². The summed E-state index contributed by atoms with van der Waals surface area (Å²) in [6.45, 7) is -0.322. The van der Waals surface area contributed by atoms with Crippen molar-refractivity contribution < 1.29 is 19.5 Å². The van der Waals surface area contributed by atoms with Crippen LogP contribution >= 0.6 is 23.7 Å². The second-order valence-corrected chi connectivity index (χ2v) is 6.36. The number of rotatable bonds is 8. The number of nitrogens with one attached hydrogen (secondary N) is 2. The summed E-state index contributed by atoms with van der Waals surface area (Å²) in [5.41, 5.74) is 11.1. The lowest BCUT2D eigenvalue weighted by atomic mass is 10.0. The predicted octanol–water partition coefficient (Wildman–Crippen LogP) is 0.532. The van der Waals surface area contributed by atoms with E-state index < -0.39 is 23.8 Å². The van der Waals surface area contributed by atoms with Crippen LogP contribution in [0.1, 0.15) is 27.7 Å². The summed E-state index contributed by atoms with van der Waals surface area (Å²) in [6.07, 6.45) is 1.01. The second-order valence-electron chi connectivity index (χ2n) is 5.36. The third-order valence-electron chi connectivity index (χ3n) is 3.27. The van der Waals surface area contributed by atoms with E-state index in [9.17, 15) is 14.4 Å². The summed E-state index contributed by atoms with van der Waals surface area (Å²) < 4.78 is 0. The molecule has 0 aliphatic rings. The zero-order valence-electron chi connectivity index (χ0n) is 14.5. The van der Waals surface area contributed by atoms with Crippen LogP contribution in [-0.2, 0) is 9.59 Å². The molecule has 2 aromatic rings. The smallest absolute Gasteiger partial charge is 0.305 e. The van der Waals surface area contributed by atoms with E-state index in [0.29, 0.717) is 5.56 Å². The monoisotopic (exact) mass is 426 g/mol.